The third kappa shape index (κ3) is 9.25. The van der Waals surface area contributed by atoms with Crippen molar-refractivity contribution >= 4 is 18.3 Å². The van der Waals surface area contributed by atoms with Gasteiger partial charge in [-0.3, -0.25) is 4.79 Å². The van der Waals surface area contributed by atoms with Crippen LogP contribution >= 0.6 is 12.4 Å². The van der Waals surface area contributed by atoms with E-state index >= 15 is 0 Å². The smallest absolute Gasteiger partial charge is 0.233 e. The zero-order chi connectivity index (χ0) is 13.4. The predicted molar refractivity (Wildman–Crippen MR) is 80.7 cm³/mol. The molecule has 0 aromatic carbocycles. The van der Waals surface area contributed by atoms with Crippen LogP contribution in [0.15, 0.2) is 0 Å². The molecule has 114 valence electrons. The van der Waals surface area contributed by atoms with Crippen LogP contribution in [0.1, 0.15) is 40.0 Å². The molecule has 5 heteroatoms. The van der Waals surface area contributed by atoms with Crippen LogP contribution in [-0.2, 0) is 9.53 Å². The quantitative estimate of drug-likeness (QED) is 0.647. The van der Waals surface area contributed by atoms with Crippen LogP contribution in [0, 0.1) is 11.8 Å². The minimum Gasteiger partial charge on any atom is -0.378 e. The highest BCUT2D eigenvalue weighted by Gasteiger charge is 2.20. The van der Waals surface area contributed by atoms with E-state index in [-0.39, 0.29) is 24.4 Å². The van der Waals surface area contributed by atoms with E-state index in [1.807, 2.05) is 6.92 Å². The topological polar surface area (TPSA) is 50.4 Å². The number of hydrogen-bond acceptors (Lipinski definition) is 3. The minimum atomic E-state index is 0. The SMILES string of the molecule is CCOC(CCNC(=O)CNCC1CC1)C(C)C.Cl. The predicted octanol–water partition coefficient (Wildman–Crippen LogP) is 1.98. The largest absolute Gasteiger partial charge is 0.378 e. The number of rotatable bonds is 10. The highest BCUT2D eigenvalue weighted by molar-refractivity contribution is 5.85. The van der Waals surface area contributed by atoms with Crippen LogP contribution in [0.25, 0.3) is 0 Å². The molecule has 0 radical (unpaired) electrons. The van der Waals surface area contributed by atoms with E-state index in [9.17, 15) is 4.79 Å². The number of carbonyl (C=O) groups is 1. The molecule has 2 N–H and O–H groups in total. The number of carbonyl (C=O) groups excluding carboxylic acids is 1. The summed E-state index contributed by atoms with van der Waals surface area (Å²) >= 11 is 0. The molecular formula is C14H29ClN2O2. The number of nitrogens with one attached hydrogen (secondary N) is 2. The average molecular weight is 293 g/mol. The van der Waals surface area contributed by atoms with Crippen molar-refractivity contribution in [3.63, 3.8) is 0 Å². The Morgan fingerprint density at radius 3 is 2.58 bits per heavy atom. The van der Waals surface area contributed by atoms with Crippen molar-refractivity contribution in [3.05, 3.63) is 0 Å². The molecule has 0 aromatic heterocycles. The first-order valence-corrected chi connectivity index (χ1v) is 7.22. The van der Waals surface area contributed by atoms with Crippen LogP contribution < -0.4 is 10.6 Å². The second-order valence-electron chi connectivity index (χ2n) is 5.45. The summed E-state index contributed by atoms with van der Waals surface area (Å²) in [6.45, 7) is 9.18. The monoisotopic (exact) mass is 292 g/mol. The molecule has 0 bridgehead atoms. The van der Waals surface area contributed by atoms with Crippen molar-refractivity contribution in [2.75, 3.05) is 26.2 Å². The molecule has 1 rings (SSSR count). The summed E-state index contributed by atoms with van der Waals surface area (Å²) in [5, 5.41) is 6.13. The van der Waals surface area contributed by atoms with Crippen LogP contribution in [-0.4, -0.2) is 38.3 Å². The van der Waals surface area contributed by atoms with E-state index in [4.69, 9.17) is 4.74 Å². The van der Waals surface area contributed by atoms with Crippen LogP contribution in [0.3, 0.4) is 0 Å². The van der Waals surface area contributed by atoms with Gasteiger partial charge in [0, 0.05) is 13.2 Å². The Kier molecular flexibility index (Phi) is 10.3. The molecule has 1 amide bonds. The van der Waals surface area contributed by atoms with Crippen LogP contribution in [0.2, 0.25) is 0 Å². The molecule has 1 aliphatic carbocycles. The van der Waals surface area contributed by atoms with E-state index in [1.54, 1.807) is 0 Å². The fourth-order valence-electron chi connectivity index (χ4n) is 1.95. The summed E-state index contributed by atoms with van der Waals surface area (Å²) in [6.07, 6.45) is 3.77. The van der Waals surface area contributed by atoms with Gasteiger partial charge in [0.25, 0.3) is 0 Å². The van der Waals surface area contributed by atoms with Gasteiger partial charge in [0.1, 0.15) is 0 Å². The summed E-state index contributed by atoms with van der Waals surface area (Å²) in [4.78, 5) is 11.5. The summed E-state index contributed by atoms with van der Waals surface area (Å²) in [5.74, 6) is 1.41. The Morgan fingerprint density at radius 2 is 2.05 bits per heavy atom. The highest BCUT2D eigenvalue weighted by atomic mass is 35.5. The van der Waals surface area contributed by atoms with Crippen molar-refractivity contribution in [2.24, 2.45) is 11.8 Å². The van der Waals surface area contributed by atoms with E-state index in [0.717, 1.165) is 25.5 Å². The summed E-state index contributed by atoms with van der Waals surface area (Å²) in [7, 11) is 0. The van der Waals surface area contributed by atoms with Gasteiger partial charge in [-0.05, 0) is 44.6 Å². The number of ether oxygens (including phenoxy) is 1. The van der Waals surface area contributed by atoms with Gasteiger partial charge in [0.05, 0.1) is 12.6 Å². The first-order chi connectivity index (χ1) is 8.63. The molecule has 0 aromatic rings. The van der Waals surface area contributed by atoms with Crippen molar-refractivity contribution in [1.82, 2.24) is 10.6 Å². The normalized spacial score (nSPS) is 16.0. The fraction of sp³-hybridized carbons (Fsp3) is 0.929. The molecule has 1 fully saturated rings. The Hall–Kier alpha value is -0.320. The molecule has 0 saturated heterocycles. The third-order valence-corrected chi connectivity index (χ3v) is 3.29. The second kappa shape index (κ2) is 10.5. The molecule has 19 heavy (non-hydrogen) atoms. The lowest BCUT2D eigenvalue weighted by Gasteiger charge is -2.20. The van der Waals surface area contributed by atoms with Crippen molar-refractivity contribution in [3.8, 4) is 0 Å². The Balaban J connectivity index is 0.00000324. The lowest BCUT2D eigenvalue weighted by molar-refractivity contribution is -0.120. The second-order valence-corrected chi connectivity index (χ2v) is 5.45. The Bertz CT molecular complexity index is 246. The van der Waals surface area contributed by atoms with Gasteiger partial charge in [-0.15, -0.1) is 12.4 Å². The van der Waals surface area contributed by atoms with Gasteiger partial charge >= 0.3 is 0 Å². The molecule has 1 aliphatic rings. The maximum Gasteiger partial charge on any atom is 0.233 e. The van der Waals surface area contributed by atoms with Crippen molar-refractivity contribution in [2.45, 2.75) is 46.1 Å². The van der Waals surface area contributed by atoms with Gasteiger partial charge in [-0.1, -0.05) is 13.8 Å². The van der Waals surface area contributed by atoms with E-state index in [0.29, 0.717) is 19.0 Å². The van der Waals surface area contributed by atoms with Gasteiger partial charge in [-0.25, -0.2) is 0 Å². The minimum absolute atomic E-state index is 0. The lowest BCUT2D eigenvalue weighted by Crippen LogP contribution is -2.36. The molecule has 1 saturated carbocycles. The first kappa shape index (κ1) is 18.7. The molecular weight excluding hydrogens is 264 g/mol. The number of amides is 1. The Labute approximate surface area is 123 Å². The zero-order valence-electron chi connectivity index (χ0n) is 12.4. The van der Waals surface area contributed by atoms with Gasteiger partial charge in [-0.2, -0.15) is 0 Å². The maximum absolute atomic E-state index is 11.5. The van der Waals surface area contributed by atoms with Gasteiger partial charge < -0.3 is 15.4 Å². The molecule has 0 aliphatic heterocycles. The average Bonchev–Trinajstić information content (AvgIpc) is 3.11. The summed E-state index contributed by atoms with van der Waals surface area (Å²) in [5.41, 5.74) is 0. The fourth-order valence-corrected chi connectivity index (χ4v) is 1.95. The molecule has 1 atom stereocenters. The van der Waals surface area contributed by atoms with Crippen molar-refractivity contribution in [1.29, 1.82) is 0 Å². The zero-order valence-corrected chi connectivity index (χ0v) is 13.2. The number of halogens is 1. The van der Waals surface area contributed by atoms with E-state index in [2.05, 4.69) is 24.5 Å². The van der Waals surface area contributed by atoms with E-state index in [1.165, 1.54) is 12.8 Å². The van der Waals surface area contributed by atoms with Gasteiger partial charge in [0.2, 0.25) is 5.91 Å². The first-order valence-electron chi connectivity index (χ1n) is 7.22. The molecule has 1 unspecified atom stereocenters. The van der Waals surface area contributed by atoms with E-state index < -0.39 is 0 Å². The molecule has 0 spiro atoms. The highest BCUT2D eigenvalue weighted by Crippen LogP contribution is 2.27. The van der Waals surface area contributed by atoms with Crippen molar-refractivity contribution < 1.29 is 9.53 Å². The molecule has 0 heterocycles. The summed E-state index contributed by atoms with van der Waals surface area (Å²) < 4.78 is 5.64. The van der Waals surface area contributed by atoms with Gasteiger partial charge in [0.15, 0.2) is 0 Å². The third-order valence-electron chi connectivity index (χ3n) is 3.29. The maximum atomic E-state index is 11.5. The van der Waals surface area contributed by atoms with Crippen LogP contribution in [0.5, 0.6) is 0 Å². The Morgan fingerprint density at radius 1 is 1.37 bits per heavy atom. The van der Waals surface area contributed by atoms with Crippen LogP contribution in [0.4, 0.5) is 0 Å². The summed E-state index contributed by atoms with van der Waals surface area (Å²) in [6, 6.07) is 0. The lowest BCUT2D eigenvalue weighted by atomic mass is 10.0. The number of hydrogen-bond donors (Lipinski definition) is 2. The standard InChI is InChI=1S/C14H28N2O2.ClH/c1-4-18-13(11(2)3)7-8-16-14(17)10-15-9-12-5-6-12;/h11-13,15H,4-10H2,1-3H3,(H,16,17);1H. The molecule has 4 nitrogen and oxygen atoms in total.